The molecule has 0 aliphatic carbocycles. The van der Waals surface area contributed by atoms with E-state index in [1.54, 1.807) is 9.47 Å². The Morgan fingerprint density at radius 1 is 1.57 bits per heavy atom. The Kier molecular flexibility index (Phi) is 4.62. The van der Waals surface area contributed by atoms with Crippen molar-refractivity contribution in [3.8, 4) is 0 Å². The molecule has 0 spiro atoms. The summed E-state index contributed by atoms with van der Waals surface area (Å²) in [7, 11) is 0. The molecule has 1 amide bonds. The monoisotopic (exact) mass is 294 g/mol. The molecule has 2 heterocycles. The average molecular weight is 294 g/mol. The molecular weight excluding hydrogens is 272 g/mol. The first-order valence-electron chi connectivity index (χ1n) is 7.33. The van der Waals surface area contributed by atoms with Crippen molar-refractivity contribution in [1.82, 2.24) is 9.47 Å². The minimum Gasteiger partial charge on any atom is -0.337 e. The molecule has 2 atom stereocenters. The standard InChI is InChI=1S/C14H22N4O3/c1-3-5-16-9-11(18(20)21)7-13(16)14(19)17-6-4-12(15)10(2)8-17/h7,9-10,12H,3-6,8,15H2,1-2H3. The zero-order valence-corrected chi connectivity index (χ0v) is 12.5. The first kappa shape index (κ1) is 15.5. The highest BCUT2D eigenvalue weighted by Gasteiger charge is 2.29. The zero-order chi connectivity index (χ0) is 15.6. The number of nitrogens with two attached hydrogens (primary N) is 1. The molecule has 21 heavy (non-hydrogen) atoms. The van der Waals surface area contributed by atoms with Crippen molar-refractivity contribution in [2.24, 2.45) is 11.7 Å². The van der Waals surface area contributed by atoms with E-state index in [1.807, 2.05) is 13.8 Å². The van der Waals surface area contributed by atoms with Crippen LogP contribution in [0.3, 0.4) is 0 Å². The molecule has 2 N–H and O–H groups in total. The van der Waals surface area contributed by atoms with Crippen LogP contribution in [-0.2, 0) is 6.54 Å². The van der Waals surface area contributed by atoms with Crippen LogP contribution in [0, 0.1) is 16.0 Å². The van der Waals surface area contributed by atoms with Crippen molar-refractivity contribution in [1.29, 1.82) is 0 Å². The number of likely N-dealkylation sites (tertiary alicyclic amines) is 1. The van der Waals surface area contributed by atoms with Crippen LogP contribution in [0.2, 0.25) is 0 Å². The van der Waals surface area contributed by atoms with Gasteiger partial charge >= 0.3 is 0 Å². The molecule has 0 bridgehead atoms. The van der Waals surface area contributed by atoms with Gasteiger partial charge in [-0.25, -0.2) is 0 Å². The quantitative estimate of drug-likeness (QED) is 0.674. The molecule has 116 valence electrons. The molecule has 7 nitrogen and oxygen atoms in total. The van der Waals surface area contributed by atoms with Crippen LogP contribution in [0.5, 0.6) is 0 Å². The number of rotatable bonds is 4. The Labute approximate surface area is 123 Å². The SMILES string of the molecule is CCCn1cc([N+](=O)[O-])cc1C(=O)N1CCC(N)C(C)C1. The van der Waals surface area contributed by atoms with E-state index in [2.05, 4.69) is 0 Å². The van der Waals surface area contributed by atoms with Gasteiger partial charge in [0.25, 0.3) is 11.6 Å². The number of aromatic nitrogens is 1. The minimum absolute atomic E-state index is 0.0337. The molecule has 2 unspecified atom stereocenters. The molecule has 0 aromatic carbocycles. The molecule has 7 heteroatoms. The van der Waals surface area contributed by atoms with Gasteiger partial charge in [0.1, 0.15) is 5.69 Å². The highest BCUT2D eigenvalue weighted by atomic mass is 16.6. The predicted molar refractivity (Wildman–Crippen MR) is 79.0 cm³/mol. The second-order valence-corrected chi connectivity index (χ2v) is 5.72. The summed E-state index contributed by atoms with van der Waals surface area (Å²) in [5.74, 6) is 0.0996. The van der Waals surface area contributed by atoms with E-state index in [4.69, 9.17) is 5.73 Å². The predicted octanol–water partition coefficient (Wildman–Crippen LogP) is 1.62. The molecule has 1 aromatic rings. The van der Waals surface area contributed by atoms with Gasteiger partial charge in [-0.3, -0.25) is 14.9 Å². The number of hydrogen-bond acceptors (Lipinski definition) is 4. The molecule has 1 saturated heterocycles. The Morgan fingerprint density at radius 3 is 2.86 bits per heavy atom. The third-order valence-electron chi connectivity index (χ3n) is 4.04. The van der Waals surface area contributed by atoms with Gasteiger partial charge in [0.2, 0.25) is 0 Å². The number of nitro groups is 1. The van der Waals surface area contributed by atoms with Crippen LogP contribution in [0.4, 0.5) is 5.69 Å². The van der Waals surface area contributed by atoms with Gasteiger partial charge in [-0.1, -0.05) is 13.8 Å². The largest absolute Gasteiger partial charge is 0.337 e. The lowest BCUT2D eigenvalue weighted by atomic mass is 9.94. The normalized spacial score (nSPS) is 22.3. The van der Waals surface area contributed by atoms with E-state index >= 15 is 0 Å². The lowest BCUT2D eigenvalue weighted by Crippen LogP contribution is -2.48. The van der Waals surface area contributed by atoms with E-state index in [0.29, 0.717) is 25.3 Å². The van der Waals surface area contributed by atoms with Crippen LogP contribution in [0.25, 0.3) is 0 Å². The first-order chi connectivity index (χ1) is 9.93. The van der Waals surface area contributed by atoms with E-state index in [-0.39, 0.29) is 23.6 Å². The number of hydrogen-bond donors (Lipinski definition) is 1. The van der Waals surface area contributed by atoms with Crippen molar-refractivity contribution >= 4 is 11.6 Å². The summed E-state index contributed by atoms with van der Waals surface area (Å²) in [6, 6.07) is 1.49. The van der Waals surface area contributed by atoms with Crippen molar-refractivity contribution < 1.29 is 9.72 Å². The third kappa shape index (κ3) is 3.24. The number of carbonyl (C=O) groups excluding carboxylic acids is 1. The highest BCUT2D eigenvalue weighted by Crippen LogP contribution is 2.22. The summed E-state index contributed by atoms with van der Waals surface area (Å²) in [5, 5.41) is 10.9. The number of amides is 1. The Morgan fingerprint density at radius 2 is 2.29 bits per heavy atom. The smallest absolute Gasteiger partial charge is 0.287 e. The molecule has 1 aliphatic heterocycles. The van der Waals surface area contributed by atoms with Crippen LogP contribution < -0.4 is 5.73 Å². The molecule has 1 aromatic heterocycles. The van der Waals surface area contributed by atoms with E-state index < -0.39 is 4.92 Å². The molecule has 1 aliphatic rings. The summed E-state index contributed by atoms with van der Waals surface area (Å²) in [4.78, 5) is 24.8. The second-order valence-electron chi connectivity index (χ2n) is 5.72. The second kappa shape index (κ2) is 6.26. The molecule has 1 fully saturated rings. The topological polar surface area (TPSA) is 94.4 Å². The van der Waals surface area contributed by atoms with Gasteiger partial charge in [0.15, 0.2) is 0 Å². The molecular formula is C14H22N4O3. The molecule has 0 radical (unpaired) electrons. The van der Waals surface area contributed by atoms with Crippen molar-refractivity contribution in [2.75, 3.05) is 13.1 Å². The summed E-state index contributed by atoms with van der Waals surface area (Å²) in [6.07, 6.45) is 3.02. The fraction of sp³-hybridized carbons (Fsp3) is 0.643. The van der Waals surface area contributed by atoms with Crippen molar-refractivity contribution in [3.63, 3.8) is 0 Å². The minimum atomic E-state index is -0.461. The van der Waals surface area contributed by atoms with E-state index in [1.165, 1.54) is 12.3 Å². The van der Waals surface area contributed by atoms with Crippen LogP contribution >= 0.6 is 0 Å². The number of nitrogens with zero attached hydrogens (tertiary/aromatic N) is 3. The van der Waals surface area contributed by atoms with Crippen molar-refractivity contribution in [2.45, 2.75) is 39.3 Å². The van der Waals surface area contributed by atoms with Crippen molar-refractivity contribution in [3.05, 3.63) is 28.1 Å². The van der Waals surface area contributed by atoms with Crippen LogP contribution in [-0.4, -0.2) is 39.4 Å². The Balaban J connectivity index is 2.23. The fourth-order valence-corrected chi connectivity index (χ4v) is 2.71. The van der Waals surface area contributed by atoms with E-state index in [0.717, 1.165) is 12.8 Å². The zero-order valence-electron chi connectivity index (χ0n) is 12.5. The van der Waals surface area contributed by atoms with E-state index in [9.17, 15) is 14.9 Å². The van der Waals surface area contributed by atoms with Gasteiger partial charge in [-0.15, -0.1) is 0 Å². The van der Waals surface area contributed by atoms with Gasteiger partial charge in [0.05, 0.1) is 11.1 Å². The lowest BCUT2D eigenvalue weighted by Gasteiger charge is -2.35. The van der Waals surface area contributed by atoms with Gasteiger partial charge in [-0.2, -0.15) is 0 Å². The van der Waals surface area contributed by atoms with Gasteiger partial charge in [0, 0.05) is 31.7 Å². The summed E-state index contributed by atoms with van der Waals surface area (Å²) in [5.41, 5.74) is 6.33. The lowest BCUT2D eigenvalue weighted by molar-refractivity contribution is -0.384. The van der Waals surface area contributed by atoms with Crippen LogP contribution in [0.15, 0.2) is 12.3 Å². The number of carbonyl (C=O) groups is 1. The maximum Gasteiger partial charge on any atom is 0.287 e. The number of aryl methyl sites for hydroxylation is 1. The summed E-state index contributed by atoms with van der Waals surface area (Å²) >= 11 is 0. The molecule has 0 saturated carbocycles. The third-order valence-corrected chi connectivity index (χ3v) is 4.04. The Bertz CT molecular complexity index is 540. The summed E-state index contributed by atoms with van der Waals surface area (Å²) in [6.45, 7) is 5.80. The number of piperidine rings is 1. The first-order valence-corrected chi connectivity index (χ1v) is 7.33. The molecule has 2 rings (SSSR count). The summed E-state index contributed by atoms with van der Waals surface area (Å²) < 4.78 is 1.68. The maximum absolute atomic E-state index is 12.6. The van der Waals surface area contributed by atoms with Crippen LogP contribution in [0.1, 0.15) is 37.2 Å². The average Bonchev–Trinajstić information content (AvgIpc) is 2.86. The maximum atomic E-state index is 12.6. The van der Waals surface area contributed by atoms with Gasteiger partial charge < -0.3 is 15.2 Å². The fourth-order valence-electron chi connectivity index (χ4n) is 2.71. The highest BCUT2D eigenvalue weighted by molar-refractivity contribution is 5.93. The van der Waals surface area contributed by atoms with Gasteiger partial charge in [-0.05, 0) is 18.8 Å². The Hall–Kier alpha value is -1.89.